The van der Waals surface area contributed by atoms with Crippen LogP contribution in [0.3, 0.4) is 0 Å². The van der Waals surface area contributed by atoms with Crippen molar-refractivity contribution in [1.82, 2.24) is 10.3 Å². The molecule has 2 rings (SSSR count). The number of aromatic nitrogens is 3. The number of aliphatic hydroxyl groups excluding tert-OH is 4. The van der Waals surface area contributed by atoms with Crippen LogP contribution in [-0.4, -0.2) is 49.6 Å². The summed E-state index contributed by atoms with van der Waals surface area (Å²) < 4.78 is 1.35. The Morgan fingerprint density at radius 2 is 2.07 bits per heavy atom. The molecule has 0 bridgehead atoms. The van der Waals surface area contributed by atoms with E-state index in [2.05, 4.69) is 10.3 Å². The zero-order chi connectivity index (χ0) is 10.3. The molecule has 0 aromatic carbocycles. The highest BCUT2D eigenvalue weighted by Gasteiger charge is 2.45. The molecule has 0 spiro atoms. The summed E-state index contributed by atoms with van der Waals surface area (Å²) in [6, 6.07) is -0.703. The van der Waals surface area contributed by atoms with Gasteiger partial charge in [0.15, 0.2) is 6.04 Å². The minimum absolute atomic E-state index is 0.342. The van der Waals surface area contributed by atoms with E-state index in [4.69, 9.17) is 5.11 Å². The van der Waals surface area contributed by atoms with E-state index in [1.165, 1.54) is 10.9 Å². The quantitative estimate of drug-likeness (QED) is 0.311. The maximum Gasteiger partial charge on any atom is 0.212 e. The Morgan fingerprint density at radius 3 is 2.71 bits per heavy atom. The second kappa shape index (κ2) is 3.28. The molecule has 2 heterocycles. The third kappa shape index (κ3) is 1.14. The van der Waals surface area contributed by atoms with Crippen LogP contribution in [0.5, 0.6) is 0 Å². The van der Waals surface area contributed by atoms with Crippen molar-refractivity contribution in [2.24, 2.45) is 0 Å². The molecule has 7 nitrogen and oxygen atoms in total. The molecule has 0 fully saturated rings. The summed E-state index contributed by atoms with van der Waals surface area (Å²) in [6.45, 7) is -0.342. The fourth-order valence-corrected chi connectivity index (χ4v) is 1.69. The molecule has 1 aromatic heterocycles. The van der Waals surface area contributed by atoms with Gasteiger partial charge in [-0.25, -0.2) is 0 Å². The van der Waals surface area contributed by atoms with E-state index in [0.717, 1.165) is 0 Å². The van der Waals surface area contributed by atoms with Gasteiger partial charge in [-0.15, -0.1) is 4.68 Å². The highest BCUT2D eigenvalue weighted by molar-refractivity contribution is 4.99. The zero-order valence-electron chi connectivity index (χ0n) is 7.28. The van der Waals surface area contributed by atoms with Gasteiger partial charge in [-0.3, -0.25) is 0 Å². The van der Waals surface area contributed by atoms with Crippen LogP contribution in [0.4, 0.5) is 0 Å². The van der Waals surface area contributed by atoms with Gasteiger partial charge in [-0.05, 0) is 0 Å². The van der Waals surface area contributed by atoms with Gasteiger partial charge >= 0.3 is 0 Å². The summed E-state index contributed by atoms with van der Waals surface area (Å²) in [5.74, 6) is 0. The second-order valence-electron chi connectivity index (χ2n) is 3.33. The Hall–Kier alpha value is -1.02. The number of fused-ring (bicyclic) bond motifs is 1. The van der Waals surface area contributed by atoms with E-state index in [9.17, 15) is 15.3 Å². The van der Waals surface area contributed by atoms with Gasteiger partial charge in [0.25, 0.3) is 0 Å². The smallest absolute Gasteiger partial charge is 0.212 e. The molecule has 0 aliphatic carbocycles. The Bertz CT molecular complexity index is 328. The van der Waals surface area contributed by atoms with Crippen molar-refractivity contribution in [2.45, 2.75) is 24.4 Å². The average molecular weight is 202 g/mol. The van der Waals surface area contributed by atoms with Crippen LogP contribution < -0.4 is 4.68 Å². The molecule has 78 valence electrons. The molecule has 0 saturated carbocycles. The molecular formula is C7H12N3O4+. The van der Waals surface area contributed by atoms with Crippen molar-refractivity contribution in [1.29, 1.82) is 0 Å². The molecule has 5 N–H and O–H groups in total. The average Bonchev–Trinajstić information content (AvgIpc) is 2.64. The Labute approximate surface area is 79.2 Å². The van der Waals surface area contributed by atoms with Crippen molar-refractivity contribution < 1.29 is 25.1 Å². The van der Waals surface area contributed by atoms with Crippen molar-refractivity contribution in [3.63, 3.8) is 0 Å². The standard InChI is InChI=1S/C7H11N3O4/c11-2-4-6(13)7(14)5(12)3-1-8-9-10(3)4/h1,4-7,11-14H,2H2/p+1/t4-,5+,6-,7-/m1/s1. The molecule has 1 aromatic rings. The SMILES string of the molecule is OC[C@@H]1[C@@H](O)[C@H](O)[C@@H](O)c2cn[nH][n+]21. The Balaban J connectivity index is 2.44. The number of hydrogen-bond donors (Lipinski definition) is 5. The maximum absolute atomic E-state index is 9.53. The van der Waals surface area contributed by atoms with E-state index in [1.54, 1.807) is 0 Å². The summed E-state index contributed by atoms with van der Waals surface area (Å²) in [6.07, 6.45) is -2.35. The number of nitrogens with zero attached hydrogens (tertiary/aromatic N) is 2. The van der Waals surface area contributed by atoms with Crippen molar-refractivity contribution in [3.8, 4) is 0 Å². The lowest BCUT2D eigenvalue weighted by Crippen LogP contribution is -2.61. The van der Waals surface area contributed by atoms with Crippen LogP contribution in [0, 0.1) is 0 Å². The van der Waals surface area contributed by atoms with Crippen LogP contribution in [0.1, 0.15) is 17.8 Å². The summed E-state index contributed by atoms with van der Waals surface area (Å²) in [4.78, 5) is 0. The Kier molecular flexibility index (Phi) is 2.23. The molecular weight excluding hydrogens is 190 g/mol. The van der Waals surface area contributed by atoms with Crippen LogP contribution >= 0.6 is 0 Å². The zero-order valence-corrected chi connectivity index (χ0v) is 7.28. The predicted octanol–water partition coefficient (Wildman–Crippen LogP) is -3.00. The number of rotatable bonds is 1. The van der Waals surface area contributed by atoms with Gasteiger partial charge in [-0.2, -0.15) is 0 Å². The van der Waals surface area contributed by atoms with Gasteiger partial charge in [0.1, 0.15) is 18.3 Å². The van der Waals surface area contributed by atoms with E-state index < -0.39 is 24.4 Å². The lowest BCUT2D eigenvalue weighted by Gasteiger charge is -2.30. The third-order valence-electron chi connectivity index (χ3n) is 2.53. The van der Waals surface area contributed by atoms with Crippen LogP contribution in [0.25, 0.3) is 0 Å². The second-order valence-corrected chi connectivity index (χ2v) is 3.33. The van der Waals surface area contributed by atoms with Gasteiger partial charge in [0.2, 0.25) is 11.9 Å². The first-order valence-corrected chi connectivity index (χ1v) is 4.26. The number of H-pyrrole nitrogens is 1. The number of aromatic amines is 1. The highest BCUT2D eigenvalue weighted by Crippen LogP contribution is 2.25. The van der Waals surface area contributed by atoms with Gasteiger partial charge in [0, 0.05) is 5.10 Å². The van der Waals surface area contributed by atoms with Crippen LogP contribution in [-0.2, 0) is 0 Å². The van der Waals surface area contributed by atoms with Crippen LogP contribution in [0.15, 0.2) is 6.20 Å². The van der Waals surface area contributed by atoms with Crippen molar-refractivity contribution in [2.75, 3.05) is 6.61 Å². The predicted molar refractivity (Wildman–Crippen MR) is 41.9 cm³/mol. The molecule has 0 saturated heterocycles. The first-order valence-electron chi connectivity index (χ1n) is 4.26. The van der Waals surface area contributed by atoms with Crippen molar-refractivity contribution in [3.05, 3.63) is 11.9 Å². The minimum Gasteiger partial charge on any atom is -0.392 e. The molecule has 1 aliphatic heterocycles. The maximum atomic E-state index is 9.53. The van der Waals surface area contributed by atoms with E-state index in [0.29, 0.717) is 5.69 Å². The third-order valence-corrected chi connectivity index (χ3v) is 2.53. The highest BCUT2D eigenvalue weighted by atomic mass is 16.4. The molecule has 0 radical (unpaired) electrons. The molecule has 1 aliphatic rings. The molecule has 0 unspecified atom stereocenters. The normalized spacial score (nSPS) is 36.9. The van der Waals surface area contributed by atoms with Gasteiger partial charge in [0.05, 0.1) is 6.61 Å². The molecule has 4 atom stereocenters. The topological polar surface area (TPSA) is 113 Å². The fraction of sp³-hybridized carbons (Fsp3) is 0.714. The Morgan fingerprint density at radius 1 is 1.36 bits per heavy atom. The fourth-order valence-electron chi connectivity index (χ4n) is 1.69. The summed E-state index contributed by atoms with van der Waals surface area (Å²) in [7, 11) is 0. The summed E-state index contributed by atoms with van der Waals surface area (Å²) in [5, 5.41) is 43.7. The summed E-state index contributed by atoms with van der Waals surface area (Å²) in [5.41, 5.74) is 0.349. The lowest BCUT2D eigenvalue weighted by atomic mass is 9.95. The largest absolute Gasteiger partial charge is 0.392 e. The number of aliphatic hydroxyl groups is 4. The monoisotopic (exact) mass is 202 g/mol. The molecule has 0 amide bonds. The lowest BCUT2D eigenvalue weighted by molar-refractivity contribution is -0.800. The molecule has 7 heteroatoms. The first-order chi connectivity index (χ1) is 6.66. The van der Waals surface area contributed by atoms with Gasteiger partial charge < -0.3 is 20.4 Å². The first kappa shape index (κ1) is 9.53. The summed E-state index contributed by atoms with van der Waals surface area (Å²) >= 11 is 0. The number of nitrogens with one attached hydrogen (secondary N) is 1. The minimum atomic E-state index is -1.30. The van der Waals surface area contributed by atoms with Crippen molar-refractivity contribution >= 4 is 0 Å². The van der Waals surface area contributed by atoms with Crippen LogP contribution in [0.2, 0.25) is 0 Å². The van der Waals surface area contributed by atoms with E-state index >= 15 is 0 Å². The van der Waals surface area contributed by atoms with E-state index in [1.807, 2.05) is 0 Å². The van der Waals surface area contributed by atoms with Gasteiger partial charge in [-0.1, -0.05) is 5.21 Å². The molecule has 14 heavy (non-hydrogen) atoms. The number of hydrogen-bond acceptors (Lipinski definition) is 5. The van der Waals surface area contributed by atoms with E-state index in [-0.39, 0.29) is 6.61 Å².